The Labute approximate surface area is 115 Å². The maximum atomic E-state index is 6.17. The van der Waals surface area contributed by atoms with E-state index in [4.69, 9.17) is 5.73 Å². The lowest BCUT2D eigenvalue weighted by molar-refractivity contribution is 0.232. The lowest BCUT2D eigenvalue weighted by Gasteiger charge is -2.36. The average Bonchev–Trinajstić information content (AvgIpc) is 2.39. The van der Waals surface area contributed by atoms with Crippen molar-refractivity contribution in [2.24, 2.45) is 11.7 Å². The van der Waals surface area contributed by atoms with Crippen molar-refractivity contribution in [3.05, 3.63) is 18.5 Å². The number of nitrogens with two attached hydrogens (primary N) is 1. The highest BCUT2D eigenvalue weighted by molar-refractivity contribution is 5.29. The fraction of sp³-hybridized carbons (Fsp3) is 0.714. The molecule has 0 saturated carbocycles. The lowest BCUT2D eigenvalue weighted by atomic mass is 10.0. The third-order valence-corrected chi connectivity index (χ3v) is 3.47. The number of hydrogen-bond donors (Lipinski definition) is 1. The molecule has 0 spiro atoms. The molecule has 1 aromatic rings. The first-order valence-electron chi connectivity index (χ1n) is 7.15. The van der Waals surface area contributed by atoms with E-state index in [1.54, 1.807) is 12.4 Å². The molecule has 1 atom stereocenters. The Morgan fingerprint density at radius 2 is 1.79 bits per heavy atom. The topological polar surface area (TPSA) is 58.3 Å². The van der Waals surface area contributed by atoms with Crippen LogP contribution in [0.3, 0.4) is 0 Å². The van der Waals surface area contributed by atoms with Crippen LogP contribution in [0.2, 0.25) is 0 Å². The van der Waals surface area contributed by atoms with Crippen LogP contribution in [0, 0.1) is 5.92 Å². The van der Waals surface area contributed by atoms with E-state index in [0.29, 0.717) is 12.0 Å². The van der Waals surface area contributed by atoms with Crippen molar-refractivity contribution in [3.63, 3.8) is 0 Å². The van der Waals surface area contributed by atoms with Crippen LogP contribution in [0.4, 0.5) is 5.95 Å². The summed E-state index contributed by atoms with van der Waals surface area (Å²) >= 11 is 0. The van der Waals surface area contributed by atoms with E-state index in [2.05, 4.69) is 33.6 Å². The van der Waals surface area contributed by atoms with E-state index in [1.807, 2.05) is 6.07 Å². The van der Waals surface area contributed by atoms with Crippen LogP contribution < -0.4 is 10.6 Å². The van der Waals surface area contributed by atoms with E-state index < -0.39 is 0 Å². The summed E-state index contributed by atoms with van der Waals surface area (Å²) in [7, 11) is 0. The number of aromatic nitrogens is 2. The van der Waals surface area contributed by atoms with Crippen molar-refractivity contribution >= 4 is 5.95 Å². The normalized spacial score (nSPS) is 18.8. The summed E-state index contributed by atoms with van der Waals surface area (Å²) < 4.78 is 0. The highest BCUT2D eigenvalue weighted by atomic mass is 15.3. The lowest BCUT2D eigenvalue weighted by Crippen LogP contribution is -2.50. The van der Waals surface area contributed by atoms with Crippen molar-refractivity contribution in [2.45, 2.75) is 26.3 Å². The van der Waals surface area contributed by atoms with Gasteiger partial charge in [-0.2, -0.15) is 0 Å². The van der Waals surface area contributed by atoms with Gasteiger partial charge in [0.1, 0.15) is 0 Å². The predicted octanol–water partition coefficient (Wildman–Crippen LogP) is 0.972. The van der Waals surface area contributed by atoms with Crippen LogP contribution in [-0.2, 0) is 0 Å². The van der Waals surface area contributed by atoms with Gasteiger partial charge in [0.2, 0.25) is 5.95 Å². The molecule has 19 heavy (non-hydrogen) atoms. The molecule has 5 heteroatoms. The summed E-state index contributed by atoms with van der Waals surface area (Å²) in [5.74, 6) is 1.52. The molecule has 0 amide bonds. The second kappa shape index (κ2) is 6.82. The standard InChI is InChI=1S/C14H25N5/c1-12(2)10-13(15)11-18-6-8-19(9-7-18)14-16-4-3-5-17-14/h3-5,12-13H,6-11,15H2,1-2H3/t13-/m0/s1. The summed E-state index contributed by atoms with van der Waals surface area (Å²) in [4.78, 5) is 13.3. The molecule has 2 N–H and O–H groups in total. The maximum absolute atomic E-state index is 6.17. The molecule has 1 aliphatic rings. The number of rotatable bonds is 5. The molecular weight excluding hydrogens is 238 g/mol. The third kappa shape index (κ3) is 4.44. The second-order valence-electron chi connectivity index (χ2n) is 5.73. The fourth-order valence-electron chi connectivity index (χ4n) is 2.60. The molecule has 1 fully saturated rings. The van der Waals surface area contributed by atoms with Gasteiger partial charge in [0.05, 0.1) is 0 Å². The molecule has 0 radical (unpaired) electrons. The van der Waals surface area contributed by atoms with Crippen LogP contribution in [0.5, 0.6) is 0 Å². The molecule has 0 aromatic carbocycles. The van der Waals surface area contributed by atoms with Crippen molar-refractivity contribution in [2.75, 3.05) is 37.6 Å². The van der Waals surface area contributed by atoms with Crippen molar-refractivity contribution in [1.82, 2.24) is 14.9 Å². The first kappa shape index (κ1) is 14.2. The van der Waals surface area contributed by atoms with Crippen LogP contribution in [0.25, 0.3) is 0 Å². The van der Waals surface area contributed by atoms with Crippen LogP contribution >= 0.6 is 0 Å². The average molecular weight is 263 g/mol. The highest BCUT2D eigenvalue weighted by Crippen LogP contribution is 2.11. The van der Waals surface area contributed by atoms with Crippen LogP contribution in [0.15, 0.2) is 18.5 Å². The Kier molecular flexibility index (Phi) is 5.10. The number of piperazine rings is 1. The molecule has 106 valence electrons. The molecule has 1 aliphatic heterocycles. The summed E-state index contributed by atoms with van der Waals surface area (Å²) in [6.07, 6.45) is 4.70. The number of hydrogen-bond acceptors (Lipinski definition) is 5. The molecule has 1 saturated heterocycles. The molecule has 2 heterocycles. The van der Waals surface area contributed by atoms with Crippen LogP contribution in [-0.4, -0.2) is 53.6 Å². The zero-order chi connectivity index (χ0) is 13.7. The van der Waals surface area contributed by atoms with Gasteiger partial charge in [-0.3, -0.25) is 4.90 Å². The van der Waals surface area contributed by atoms with Gasteiger partial charge in [-0.25, -0.2) is 9.97 Å². The van der Waals surface area contributed by atoms with E-state index in [-0.39, 0.29) is 0 Å². The Balaban J connectivity index is 1.76. The summed E-state index contributed by atoms with van der Waals surface area (Å²) in [6, 6.07) is 2.14. The minimum atomic E-state index is 0.291. The van der Waals surface area contributed by atoms with Crippen molar-refractivity contribution < 1.29 is 0 Å². The molecule has 5 nitrogen and oxygen atoms in total. The summed E-state index contributed by atoms with van der Waals surface area (Å²) in [5, 5.41) is 0. The van der Waals surface area contributed by atoms with Gasteiger partial charge in [0.15, 0.2) is 0 Å². The molecular formula is C14H25N5. The number of anilines is 1. The van der Waals surface area contributed by atoms with Crippen molar-refractivity contribution in [3.8, 4) is 0 Å². The monoisotopic (exact) mass is 263 g/mol. The zero-order valence-electron chi connectivity index (χ0n) is 12.0. The Bertz CT molecular complexity index is 359. The fourth-order valence-corrected chi connectivity index (χ4v) is 2.60. The number of nitrogens with zero attached hydrogens (tertiary/aromatic N) is 4. The smallest absolute Gasteiger partial charge is 0.225 e. The Morgan fingerprint density at radius 3 is 2.37 bits per heavy atom. The Morgan fingerprint density at radius 1 is 1.16 bits per heavy atom. The van der Waals surface area contributed by atoms with Gasteiger partial charge >= 0.3 is 0 Å². The van der Waals surface area contributed by atoms with E-state index in [1.165, 1.54) is 0 Å². The minimum Gasteiger partial charge on any atom is -0.338 e. The molecule has 0 bridgehead atoms. The largest absolute Gasteiger partial charge is 0.338 e. The molecule has 0 aliphatic carbocycles. The first-order chi connectivity index (χ1) is 9.15. The SMILES string of the molecule is CC(C)C[C@H](N)CN1CCN(c2ncccn2)CC1. The van der Waals surface area contributed by atoms with Gasteiger partial charge < -0.3 is 10.6 Å². The van der Waals surface area contributed by atoms with E-state index in [9.17, 15) is 0 Å². The van der Waals surface area contributed by atoms with Gasteiger partial charge in [0, 0.05) is 51.2 Å². The van der Waals surface area contributed by atoms with Gasteiger partial charge in [-0.1, -0.05) is 13.8 Å². The molecule has 2 rings (SSSR count). The van der Waals surface area contributed by atoms with Crippen molar-refractivity contribution in [1.29, 1.82) is 0 Å². The zero-order valence-corrected chi connectivity index (χ0v) is 12.0. The predicted molar refractivity (Wildman–Crippen MR) is 78.1 cm³/mol. The van der Waals surface area contributed by atoms with E-state index >= 15 is 0 Å². The van der Waals surface area contributed by atoms with Gasteiger partial charge in [-0.05, 0) is 18.4 Å². The molecule has 1 aromatic heterocycles. The quantitative estimate of drug-likeness (QED) is 0.858. The second-order valence-corrected chi connectivity index (χ2v) is 5.73. The van der Waals surface area contributed by atoms with Gasteiger partial charge in [-0.15, -0.1) is 0 Å². The summed E-state index contributed by atoms with van der Waals surface area (Å²) in [6.45, 7) is 9.52. The minimum absolute atomic E-state index is 0.291. The Hall–Kier alpha value is -1.20. The van der Waals surface area contributed by atoms with Crippen LogP contribution in [0.1, 0.15) is 20.3 Å². The van der Waals surface area contributed by atoms with Gasteiger partial charge in [0.25, 0.3) is 0 Å². The van der Waals surface area contributed by atoms with E-state index in [0.717, 1.165) is 45.1 Å². The first-order valence-corrected chi connectivity index (χ1v) is 7.15. The third-order valence-electron chi connectivity index (χ3n) is 3.47. The summed E-state index contributed by atoms with van der Waals surface area (Å²) in [5.41, 5.74) is 6.17. The molecule has 0 unspecified atom stereocenters. The maximum Gasteiger partial charge on any atom is 0.225 e. The highest BCUT2D eigenvalue weighted by Gasteiger charge is 2.20.